The molecule has 2 aromatic heterocycles. The second kappa shape index (κ2) is 9.40. The molecule has 0 saturated carbocycles. The zero-order chi connectivity index (χ0) is 22.8. The number of hydrogen-bond acceptors (Lipinski definition) is 6. The summed E-state index contributed by atoms with van der Waals surface area (Å²) in [4.78, 5) is 30.1. The van der Waals surface area contributed by atoms with Gasteiger partial charge in [-0.2, -0.15) is 4.37 Å². The summed E-state index contributed by atoms with van der Waals surface area (Å²) in [6.07, 6.45) is 0. The Labute approximate surface area is 196 Å². The van der Waals surface area contributed by atoms with Crippen molar-refractivity contribution in [3.8, 4) is 11.3 Å². The van der Waals surface area contributed by atoms with Crippen molar-refractivity contribution in [2.75, 3.05) is 11.1 Å². The number of nitrogens with zero attached hydrogens (tertiary/aromatic N) is 3. The number of fused-ring (bicyclic) bond motifs is 1. The van der Waals surface area contributed by atoms with Crippen LogP contribution < -0.4 is 10.9 Å². The first kappa shape index (κ1) is 22.4. The highest BCUT2D eigenvalue weighted by atomic mass is 35.5. The molecule has 0 aliphatic carbocycles. The number of aromatic nitrogens is 3. The summed E-state index contributed by atoms with van der Waals surface area (Å²) in [6, 6.07) is 11.8. The summed E-state index contributed by atoms with van der Waals surface area (Å²) in [5.74, 6) is -0.862. The smallest absolute Gasteiger partial charge is 0.273 e. The summed E-state index contributed by atoms with van der Waals surface area (Å²) in [5.41, 5.74) is 3.40. The number of carbonyl (C=O) groups is 1. The lowest BCUT2D eigenvalue weighted by Gasteiger charge is -2.10. The fourth-order valence-electron chi connectivity index (χ4n) is 3.09. The monoisotopic (exact) mass is 488 g/mol. The van der Waals surface area contributed by atoms with Crippen LogP contribution in [0.25, 0.3) is 21.5 Å². The Bertz CT molecular complexity index is 1370. The van der Waals surface area contributed by atoms with Crippen molar-refractivity contribution in [1.29, 1.82) is 0 Å². The fraction of sp³-hybridized carbons (Fsp3) is 0.182. The first-order valence-electron chi connectivity index (χ1n) is 9.72. The molecule has 0 radical (unpaired) electrons. The molecule has 1 N–H and O–H groups in total. The summed E-state index contributed by atoms with van der Waals surface area (Å²) in [5, 5.41) is 3.03. The molecular weight excluding hydrogens is 471 g/mol. The summed E-state index contributed by atoms with van der Waals surface area (Å²) >= 11 is 8.05. The third-order valence-electron chi connectivity index (χ3n) is 4.72. The maximum Gasteiger partial charge on any atom is 0.273 e. The number of benzene rings is 2. The molecular formula is C22H18ClFN4O2S2. The topological polar surface area (TPSA) is 76.9 Å². The molecule has 0 unspecified atom stereocenters. The van der Waals surface area contributed by atoms with Gasteiger partial charge in [-0.25, -0.2) is 9.37 Å². The standard InChI is InChI=1S/C22H18ClFN4O2S2/c1-3-28-21(30)20-19(18(27-32-20)13-6-4-12(2)5-7-13)26-22(28)31-11-17(29)25-14-8-9-16(24)15(23)10-14/h4-10H,3,11H2,1-2H3,(H,25,29). The molecule has 0 saturated heterocycles. The van der Waals surface area contributed by atoms with E-state index in [1.165, 1.54) is 22.8 Å². The minimum atomic E-state index is -0.558. The van der Waals surface area contributed by atoms with Gasteiger partial charge in [0.1, 0.15) is 21.7 Å². The lowest BCUT2D eigenvalue weighted by atomic mass is 10.1. The van der Waals surface area contributed by atoms with E-state index < -0.39 is 5.82 Å². The van der Waals surface area contributed by atoms with Crippen molar-refractivity contribution in [2.24, 2.45) is 0 Å². The van der Waals surface area contributed by atoms with Crippen LogP contribution in [0.2, 0.25) is 5.02 Å². The zero-order valence-electron chi connectivity index (χ0n) is 17.2. The van der Waals surface area contributed by atoms with E-state index in [-0.39, 0.29) is 22.2 Å². The van der Waals surface area contributed by atoms with E-state index in [2.05, 4.69) is 9.69 Å². The molecule has 1 amide bonds. The second-order valence-corrected chi connectivity index (χ2v) is 9.11. The molecule has 164 valence electrons. The molecule has 0 atom stereocenters. The van der Waals surface area contributed by atoms with E-state index in [1.807, 2.05) is 38.1 Å². The third-order valence-corrected chi connectivity index (χ3v) is 6.81. The van der Waals surface area contributed by atoms with Crippen LogP contribution in [0.15, 0.2) is 52.4 Å². The average molecular weight is 489 g/mol. The van der Waals surface area contributed by atoms with E-state index >= 15 is 0 Å². The molecule has 2 heterocycles. The van der Waals surface area contributed by atoms with E-state index in [4.69, 9.17) is 16.6 Å². The maximum atomic E-state index is 13.3. The number of nitrogens with one attached hydrogen (secondary N) is 1. The Morgan fingerprint density at radius 2 is 2.00 bits per heavy atom. The highest BCUT2D eigenvalue weighted by Crippen LogP contribution is 2.30. The van der Waals surface area contributed by atoms with Gasteiger partial charge in [-0.3, -0.25) is 14.2 Å². The zero-order valence-corrected chi connectivity index (χ0v) is 19.6. The van der Waals surface area contributed by atoms with Crippen molar-refractivity contribution in [3.05, 3.63) is 69.2 Å². The van der Waals surface area contributed by atoms with Gasteiger partial charge in [0.15, 0.2) is 5.16 Å². The second-order valence-electron chi connectivity index (χ2n) is 6.98. The van der Waals surface area contributed by atoms with E-state index in [1.54, 1.807) is 0 Å². The summed E-state index contributed by atoms with van der Waals surface area (Å²) in [7, 11) is 0. The highest BCUT2D eigenvalue weighted by molar-refractivity contribution is 7.99. The lowest BCUT2D eigenvalue weighted by Crippen LogP contribution is -2.22. The number of carbonyl (C=O) groups excluding carboxylic acids is 1. The quantitative estimate of drug-likeness (QED) is 0.291. The van der Waals surface area contributed by atoms with Crippen molar-refractivity contribution < 1.29 is 9.18 Å². The van der Waals surface area contributed by atoms with Crippen molar-refractivity contribution in [3.63, 3.8) is 0 Å². The van der Waals surface area contributed by atoms with Crippen molar-refractivity contribution >= 4 is 56.7 Å². The molecule has 2 aromatic carbocycles. The molecule has 0 spiro atoms. The number of amides is 1. The fourth-order valence-corrected chi connectivity index (χ4v) is 4.91. The van der Waals surface area contributed by atoms with Gasteiger partial charge in [0, 0.05) is 17.8 Å². The first-order valence-corrected chi connectivity index (χ1v) is 11.9. The van der Waals surface area contributed by atoms with Crippen LogP contribution in [0.5, 0.6) is 0 Å². The van der Waals surface area contributed by atoms with Gasteiger partial charge in [-0.15, -0.1) is 0 Å². The molecule has 0 bridgehead atoms. The van der Waals surface area contributed by atoms with Gasteiger partial charge < -0.3 is 5.32 Å². The van der Waals surface area contributed by atoms with Gasteiger partial charge in [0.25, 0.3) is 5.56 Å². The van der Waals surface area contributed by atoms with E-state index in [9.17, 15) is 14.0 Å². The predicted molar refractivity (Wildman–Crippen MR) is 128 cm³/mol. The molecule has 0 aliphatic rings. The largest absolute Gasteiger partial charge is 0.325 e. The van der Waals surface area contributed by atoms with Crippen LogP contribution in [-0.2, 0) is 11.3 Å². The summed E-state index contributed by atoms with van der Waals surface area (Å²) < 4.78 is 19.8. The SMILES string of the molecule is CCn1c(SCC(=O)Nc2ccc(F)c(Cl)c2)nc2c(-c3ccc(C)cc3)nsc2c1=O. The Morgan fingerprint density at radius 3 is 2.69 bits per heavy atom. The lowest BCUT2D eigenvalue weighted by molar-refractivity contribution is -0.113. The molecule has 0 fully saturated rings. The number of anilines is 1. The Kier molecular flexibility index (Phi) is 6.59. The Morgan fingerprint density at radius 1 is 1.25 bits per heavy atom. The Balaban J connectivity index is 1.61. The minimum Gasteiger partial charge on any atom is -0.325 e. The number of halogens is 2. The van der Waals surface area contributed by atoms with Crippen molar-refractivity contribution in [2.45, 2.75) is 25.5 Å². The third kappa shape index (κ3) is 4.55. The van der Waals surface area contributed by atoms with Crippen LogP contribution in [0, 0.1) is 12.7 Å². The molecule has 0 aliphatic heterocycles. The van der Waals surface area contributed by atoms with Gasteiger partial charge in [-0.05, 0) is 43.6 Å². The van der Waals surface area contributed by atoms with Gasteiger partial charge in [0.2, 0.25) is 5.91 Å². The van der Waals surface area contributed by atoms with Crippen LogP contribution in [0.1, 0.15) is 12.5 Å². The molecule has 4 aromatic rings. The number of rotatable bonds is 6. The molecule has 4 rings (SSSR count). The van der Waals surface area contributed by atoms with Gasteiger partial charge >= 0.3 is 0 Å². The Hall–Kier alpha value is -2.75. The number of thioether (sulfide) groups is 1. The van der Waals surface area contributed by atoms with E-state index in [0.717, 1.165) is 34.4 Å². The van der Waals surface area contributed by atoms with Crippen LogP contribution >= 0.6 is 34.9 Å². The summed E-state index contributed by atoms with van der Waals surface area (Å²) in [6.45, 7) is 4.26. The average Bonchev–Trinajstić information content (AvgIpc) is 3.20. The minimum absolute atomic E-state index is 0.0182. The highest BCUT2D eigenvalue weighted by Gasteiger charge is 2.18. The van der Waals surface area contributed by atoms with Crippen LogP contribution in [-0.4, -0.2) is 25.6 Å². The van der Waals surface area contributed by atoms with Crippen LogP contribution in [0.3, 0.4) is 0 Å². The molecule has 32 heavy (non-hydrogen) atoms. The van der Waals surface area contributed by atoms with Gasteiger partial charge in [-0.1, -0.05) is 53.2 Å². The predicted octanol–water partition coefficient (Wildman–Crippen LogP) is 5.37. The number of aryl methyl sites for hydroxylation is 1. The number of hydrogen-bond donors (Lipinski definition) is 1. The van der Waals surface area contributed by atoms with Crippen molar-refractivity contribution in [1.82, 2.24) is 13.9 Å². The maximum absolute atomic E-state index is 13.3. The first-order chi connectivity index (χ1) is 15.4. The molecule has 10 heteroatoms. The van der Waals surface area contributed by atoms with E-state index in [0.29, 0.717) is 33.3 Å². The molecule has 6 nitrogen and oxygen atoms in total. The normalized spacial score (nSPS) is 11.1. The van der Waals surface area contributed by atoms with Crippen LogP contribution in [0.4, 0.5) is 10.1 Å². The van der Waals surface area contributed by atoms with Gasteiger partial charge in [0.05, 0.1) is 10.8 Å².